The first-order valence-electron chi connectivity index (χ1n) is 14.6. The molecule has 0 bridgehead atoms. The van der Waals surface area contributed by atoms with Gasteiger partial charge in [-0.1, -0.05) is 69.0 Å². The van der Waals surface area contributed by atoms with E-state index < -0.39 is 0 Å². The Morgan fingerprint density at radius 3 is 2.20 bits per heavy atom. The fourth-order valence-corrected chi connectivity index (χ4v) is 4.14. The molecule has 0 unspecified atom stereocenters. The lowest BCUT2D eigenvalue weighted by atomic mass is 9.92. The minimum absolute atomic E-state index is 0.272. The van der Waals surface area contributed by atoms with E-state index in [2.05, 4.69) is 44.3 Å². The van der Waals surface area contributed by atoms with Gasteiger partial charge in [0, 0.05) is 25.5 Å². The van der Waals surface area contributed by atoms with E-state index in [0.717, 1.165) is 40.8 Å². The van der Waals surface area contributed by atoms with Gasteiger partial charge in [-0.25, -0.2) is 4.79 Å². The third-order valence-electron chi connectivity index (χ3n) is 6.17. The highest BCUT2D eigenvalue weighted by atomic mass is 16.5. The SMILES string of the molecule is C=C(C)C.C=C(C)C(=O)OCCc1cc(CCCCCCC)ccc1-c1ccc(OCCOC)c(CCOC=O)c1. The molecule has 0 atom stereocenters. The van der Waals surface area contributed by atoms with Crippen LogP contribution in [-0.2, 0) is 43.1 Å². The molecule has 0 fully saturated rings. The Morgan fingerprint density at radius 2 is 1.54 bits per heavy atom. The molecule has 0 spiro atoms. The summed E-state index contributed by atoms with van der Waals surface area (Å²) in [6.07, 6.45) is 8.36. The molecular formula is C35H50O6. The fraction of sp³-hybridized carbons (Fsp3) is 0.486. The summed E-state index contributed by atoms with van der Waals surface area (Å²) in [5, 5.41) is 0. The maximum absolute atomic E-state index is 11.9. The summed E-state index contributed by atoms with van der Waals surface area (Å²) < 4.78 is 21.4. The van der Waals surface area contributed by atoms with Crippen molar-refractivity contribution in [1.29, 1.82) is 0 Å². The van der Waals surface area contributed by atoms with Crippen molar-refractivity contribution in [2.45, 2.75) is 79.1 Å². The van der Waals surface area contributed by atoms with Gasteiger partial charge in [-0.3, -0.25) is 4.79 Å². The minimum atomic E-state index is -0.372. The van der Waals surface area contributed by atoms with Gasteiger partial charge in [0.15, 0.2) is 0 Å². The van der Waals surface area contributed by atoms with Crippen LogP contribution in [0.5, 0.6) is 5.75 Å². The largest absolute Gasteiger partial charge is 0.491 e. The van der Waals surface area contributed by atoms with Crippen molar-refractivity contribution in [3.63, 3.8) is 0 Å². The van der Waals surface area contributed by atoms with Gasteiger partial charge < -0.3 is 18.9 Å². The first-order chi connectivity index (χ1) is 19.7. The Kier molecular flexibility index (Phi) is 18.6. The van der Waals surface area contributed by atoms with Crippen molar-refractivity contribution in [1.82, 2.24) is 0 Å². The molecule has 0 aliphatic carbocycles. The van der Waals surface area contributed by atoms with Gasteiger partial charge >= 0.3 is 5.97 Å². The molecule has 0 heterocycles. The van der Waals surface area contributed by atoms with Crippen molar-refractivity contribution in [3.05, 3.63) is 77.4 Å². The first kappa shape index (κ1) is 35.6. The van der Waals surface area contributed by atoms with Crippen molar-refractivity contribution >= 4 is 12.4 Å². The van der Waals surface area contributed by atoms with E-state index in [-0.39, 0.29) is 19.2 Å². The lowest BCUT2D eigenvalue weighted by molar-refractivity contribution is -0.138. The predicted molar refractivity (Wildman–Crippen MR) is 167 cm³/mol. The van der Waals surface area contributed by atoms with Crippen molar-refractivity contribution in [3.8, 4) is 16.9 Å². The monoisotopic (exact) mass is 566 g/mol. The first-order valence-corrected chi connectivity index (χ1v) is 14.6. The topological polar surface area (TPSA) is 71.1 Å². The fourth-order valence-electron chi connectivity index (χ4n) is 4.14. The Hall–Kier alpha value is -3.38. The normalized spacial score (nSPS) is 10.3. The molecule has 0 aliphatic heterocycles. The molecule has 0 aromatic heterocycles. The number of hydrogen-bond acceptors (Lipinski definition) is 6. The third kappa shape index (κ3) is 15.3. The molecule has 41 heavy (non-hydrogen) atoms. The van der Waals surface area contributed by atoms with Crippen LogP contribution < -0.4 is 4.74 Å². The van der Waals surface area contributed by atoms with E-state index in [1.807, 2.05) is 26.0 Å². The summed E-state index contributed by atoms with van der Waals surface area (Å²) in [7, 11) is 1.63. The predicted octanol–water partition coefficient (Wildman–Crippen LogP) is 7.85. The van der Waals surface area contributed by atoms with Crippen molar-refractivity contribution < 1.29 is 28.5 Å². The van der Waals surface area contributed by atoms with Crippen LogP contribution in [-0.4, -0.2) is 46.0 Å². The summed E-state index contributed by atoms with van der Waals surface area (Å²) in [4.78, 5) is 22.6. The number of allylic oxidation sites excluding steroid dienone is 1. The van der Waals surface area contributed by atoms with Crippen LogP contribution in [0, 0.1) is 0 Å². The number of hydrogen-bond donors (Lipinski definition) is 0. The maximum atomic E-state index is 11.9. The second-order valence-corrected chi connectivity index (χ2v) is 10.4. The van der Waals surface area contributed by atoms with Gasteiger partial charge in [0.2, 0.25) is 0 Å². The van der Waals surface area contributed by atoms with Gasteiger partial charge in [0.25, 0.3) is 6.47 Å². The number of esters is 1. The Balaban J connectivity index is 0.00000196. The standard InChI is InChI=1S/C31H42O6.C4H8/c1-5-6-7-8-9-10-25-11-13-29(27(21-25)16-18-37-31(33)24(2)3)26-12-14-30(36-20-19-34-4)28(22-26)15-17-35-23-32;1-4(2)3/h11-14,21-23H,2,5-10,15-20H2,1,3-4H3;1H2,2-3H3. The van der Waals surface area contributed by atoms with Crippen LogP contribution in [0.1, 0.15) is 76.5 Å². The van der Waals surface area contributed by atoms with E-state index in [9.17, 15) is 9.59 Å². The number of rotatable bonds is 19. The molecule has 226 valence electrons. The molecule has 0 saturated heterocycles. The molecule has 6 nitrogen and oxygen atoms in total. The lowest BCUT2D eigenvalue weighted by Crippen LogP contribution is -2.09. The van der Waals surface area contributed by atoms with E-state index in [1.54, 1.807) is 14.0 Å². The Morgan fingerprint density at radius 1 is 0.829 bits per heavy atom. The van der Waals surface area contributed by atoms with E-state index >= 15 is 0 Å². The Bertz CT molecular complexity index is 1080. The molecule has 2 aromatic rings. The van der Waals surface area contributed by atoms with Gasteiger partial charge in [0.1, 0.15) is 12.4 Å². The van der Waals surface area contributed by atoms with Crippen LogP contribution in [0.3, 0.4) is 0 Å². The van der Waals surface area contributed by atoms with Crippen LogP contribution in [0.25, 0.3) is 11.1 Å². The molecule has 2 rings (SSSR count). The van der Waals surface area contributed by atoms with E-state index in [1.165, 1.54) is 36.8 Å². The number of methoxy groups -OCH3 is 1. The summed E-state index contributed by atoms with van der Waals surface area (Å²) in [6.45, 7) is 17.0. The van der Waals surface area contributed by atoms with Gasteiger partial charge in [-0.2, -0.15) is 0 Å². The van der Waals surface area contributed by atoms with Crippen LogP contribution >= 0.6 is 0 Å². The summed E-state index contributed by atoms with van der Waals surface area (Å²) in [5.74, 6) is 0.375. The molecule has 0 radical (unpaired) electrons. The molecule has 0 saturated carbocycles. The second-order valence-electron chi connectivity index (χ2n) is 10.4. The zero-order chi connectivity index (χ0) is 30.5. The molecule has 0 aliphatic rings. The van der Waals surface area contributed by atoms with Crippen molar-refractivity contribution in [2.75, 3.05) is 33.5 Å². The molecule has 0 N–H and O–H groups in total. The number of carbonyl (C=O) groups is 2. The van der Waals surface area contributed by atoms with Gasteiger partial charge in [-0.05, 0) is 73.6 Å². The summed E-state index contributed by atoms with van der Waals surface area (Å²) in [6, 6.07) is 12.7. The summed E-state index contributed by atoms with van der Waals surface area (Å²) >= 11 is 0. The van der Waals surface area contributed by atoms with Crippen LogP contribution in [0.2, 0.25) is 0 Å². The van der Waals surface area contributed by atoms with E-state index in [4.69, 9.17) is 18.9 Å². The number of aryl methyl sites for hydroxylation is 1. The van der Waals surface area contributed by atoms with Gasteiger partial charge in [0.05, 0.1) is 19.8 Å². The summed E-state index contributed by atoms with van der Waals surface area (Å²) in [5.41, 5.74) is 7.06. The molecule has 6 heteroatoms. The number of ether oxygens (including phenoxy) is 4. The number of benzene rings is 2. The minimum Gasteiger partial charge on any atom is -0.491 e. The van der Waals surface area contributed by atoms with E-state index in [0.29, 0.717) is 38.1 Å². The average Bonchev–Trinajstić information content (AvgIpc) is 2.93. The zero-order valence-electron chi connectivity index (χ0n) is 25.9. The Labute approximate surface area is 247 Å². The van der Waals surface area contributed by atoms with Gasteiger partial charge in [-0.15, -0.1) is 6.58 Å². The number of carbonyl (C=O) groups excluding carboxylic acids is 2. The van der Waals surface area contributed by atoms with Crippen LogP contribution in [0.4, 0.5) is 0 Å². The lowest BCUT2D eigenvalue weighted by Gasteiger charge is -2.16. The number of unbranched alkanes of at least 4 members (excludes halogenated alkanes) is 4. The third-order valence-corrected chi connectivity index (χ3v) is 6.17. The quantitative estimate of drug-likeness (QED) is 0.0567. The smallest absolute Gasteiger partial charge is 0.333 e. The highest BCUT2D eigenvalue weighted by Crippen LogP contribution is 2.31. The second kappa shape index (κ2) is 21.4. The molecule has 2 aromatic carbocycles. The van der Waals surface area contributed by atoms with Crippen LogP contribution in [0.15, 0.2) is 60.7 Å². The highest BCUT2D eigenvalue weighted by Gasteiger charge is 2.13. The highest BCUT2D eigenvalue weighted by molar-refractivity contribution is 5.86. The molecule has 0 amide bonds. The average molecular weight is 567 g/mol. The zero-order valence-corrected chi connectivity index (χ0v) is 25.9. The van der Waals surface area contributed by atoms with Crippen molar-refractivity contribution in [2.24, 2.45) is 0 Å². The maximum Gasteiger partial charge on any atom is 0.333 e. The molecular weight excluding hydrogens is 516 g/mol.